The predicted octanol–water partition coefficient (Wildman–Crippen LogP) is -12.4. The normalized spacial score (nSPS) is 16.5. The van der Waals surface area contributed by atoms with E-state index in [1.165, 1.54) is 55.5 Å². The van der Waals surface area contributed by atoms with Gasteiger partial charge in [0.05, 0.1) is 43.6 Å². The molecule has 16 atom stereocenters. The SMILES string of the molecule is C=C(C)[C@H](NC(=O)[C@@H]1C=CCN1C(=O)[C@H](CC(N)=O)NC(=O)[C@H](CC(=O)[O-])NC(=O)[C@H](Cc1ccccc1)NC(=O)[C@H](CC(N)=O)NC(=O)[C@@H](NC(=O)[C@@H]([NH3+])CO)[C@@H](C)CC)C(=O)N[C@@H](Cc1ccc(O)cc1)C(=O)N[C@@H](CCC(N)=O)C(=O)N[C@@H](CCCC[NH3+])C(=O)N[C@H](C(=O)N[C@H](C(=O)[O-])[C@@H](C)O)[C@@H](C)O. The average molecular weight is 1520 g/mol. The summed E-state index contributed by atoms with van der Waals surface area (Å²) in [6, 6.07) is -9.94. The zero-order valence-corrected chi connectivity index (χ0v) is 60.3. The van der Waals surface area contributed by atoms with Crippen LogP contribution in [0.4, 0.5) is 0 Å². The number of carbonyl (C=O) groups is 17. The van der Waals surface area contributed by atoms with Gasteiger partial charge in [0.1, 0.15) is 78.8 Å². The molecule has 1 heterocycles. The highest BCUT2D eigenvalue weighted by Crippen LogP contribution is 2.18. The van der Waals surface area contributed by atoms with Crippen molar-refractivity contribution in [1.82, 2.24) is 63.4 Å². The Kier molecular flexibility index (Phi) is 37.4. The molecular weight excluding hydrogens is 1420 g/mol. The lowest BCUT2D eigenvalue weighted by molar-refractivity contribution is -0.409. The van der Waals surface area contributed by atoms with Gasteiger partial charge in [0, 0.05) is 38.2 Å². The van der Waals surface area contributed by atoms with Crippen LogP contribution in [0.2, 0.25) is 0 Å². The quantitative estimate of drug-likeness (QED) is 0.0216. The third kappa shape index (κ3) is 29.8. The van der Waals surface area contributed by atoms with Crippen molar-refractivity contribution in [2.75, 3.05) is 19.7 Å². The fraction of sp³-hybridized carbons (Fsp3) is 0.515. The Hall–Kier alpha value is -11.5. The molecule has 2 aromatic rings. The van der Waals surface area contributed by atoms with Crippen LogP contribution in [0.5, 0.6) is 5.75 Å². The average Bonchev–Trinajstić information content (AvgIpc) is 1.64. The second-order valence-corrected chi connectivity index (χ2v) is 25.9. The molecule has 0 saturated carbocycles. The van der Waals surface area contributed by atoms with Crippen LogP contribution in [0.25, 0.3) is 0 Å². The lowest BCUT2D eigenvalue weighted by Gasteiger charge is -2.31. The number of hydrogen-bond acceptors (Lipinski definition) is 23. The van der Waals surface area contributed by atoms with Gasteiger partial charge < -0.3 is 132 Å². The van der Waals surface area contributed by atoms with E-state index in [1.807, 2.05) is 5.32 Å². The number of aliphatic hydroxyl groups is 3. The molecule has 108 heavy (non-hydrogen) atoms. The summed E-state index contributed by atoms with van der Waals surface area (Å²) in [6.07, 6.45) is -5.41. The number of nitrogens with two attached hydrogens (primary N) is 3. The molecule has 40 heteroatoms. The molecule has 0 spiro atoms. The van der Waals surface area contributed by atoms with Gasteiger partial charge in [-0.2, -0.15) is 0 Å². The number of aliphatic carboxylic acids is 2. The number of benzene rings is 2. The number of unbranched alkanes of at least 4 members (excludes halogenated alkanes) is 1. The summed E-state index contributed by atoms with van der Waals surface area (Å²) < 4.78 is 0. The molecule has 0 bridgehead atoms. The van der Waals surface area contributed by atoms with E-state index in [4.69, 9.17) is 17.2 Å². The Balaban J connectivity index is 1.98. The van der Waals surface area contributed by atoms with E-state index in [0.29, 0.717) is 24.9 Å². The molecule has 1 aliphatic rings. The van der Waals surface area contributed by atoms with E-state index in [-0.39, 0.29) is 29.7 Å². The Morgan fingerprint density at radius 3 is 1.49 bits per heavy atom. The van der Waals surface area contributed by atoms with Crippen molar-refractivity contribution in [1.29, 1.82) is 0 Å². The zero-order valence-electron chi connectivity index (χ0n) is 60.3. The highest BCUT2D eigenvalue weighted by Gasteiger charge is 2.41. The number of phenols is 1. The van der Waals surface area contributed by atoms with E-state index in [0.717, 1.165) is 18.7 Å². The third-order valence-electron chi connectivity index (χ3n) is 17.0. The maximum Gasteiger partial charge on any atom is 0.281 e. The Bertz CT molecular complexity index is 3600. The molecule has 27 N–H and O–H groups in total. The third-order valence-corrected chi connectivity index (χ3v) is 17.0. The smallest absolute Gasteiger partial charge is 0.281 e. The van der Waals surface area contributed by atoms with Gasteiger partial charge in [0.25, 0.3) is 5.91 Å². The van der Waals surface area contributed by atoms with Crippen LogP contribution < -0.4 is 97.4 Å². The molecule has 0 aromatic heterocycles. The maximum absolute atomic E-state index is 14.6. The monoisotopic (exact) mass is 1520 g/mol. The van der Waals surface area contributed by atoms with Crippen LogP contribution in [-0.4, -0.2) is 236 Å². The minimum atomic E-state index is -2.20. The van der Waals surface area contributed by atoms with Crippen molar-refractivity contribution < 1.29 is 124 Å². The standard InChI is InChI=1S/C68H99N17O23/c1-7-33(4)53(82-56(95)39(70)31-86)65(104)79-44(28-49(72)91)61(100)76-42(26-36-14-9-8-10-15-36)60(99)77-45(30-51(93)94)62(101)80-46(29-50(73)92)67(106)85-25-13-17-47(85)63(102)81-52(32(2)3)64(103)78-43(27-37-18-20-38(89)21-19-37)59(98)75-41(22-23-48(71)90)57(96)74-40(16-11-12-24-69)58(97)83-54(34(5)87)66(105)84-55(35(6)88)68(107)108/h8-10,13-15,17-21,33-35,39-47,52-55,86-89H,2,7,11-12,16,22-31,69-70H2,1,3-6H3,(H2,71,90)(H2,72,91)(H2,73,92)(H,74,96)(H,75,98)(H,76,100)(H,77,99)(H,78,103)(H,79,104)(H,80,101)(H,81,102)(H,82,95)(H,83,97)(H,84,105)(H,93,94)(H,107,108)/t33-,34+,35+,39-,40-,41-,42-,43-,44-,45-,46-,47-,52-,53-,54-,55-/m0/s1. The molecule has 0 unspecified atom stereocenters. The van der Waals surface area contributed by atoms with E-state index >= 15 is 0 Å². The van der Waals surface area contributed by atoms with E-state index in [1.54, 1.807) is 32.0 Å². The van der Waals surface area contributed by atoms with E-state index < -0.39 is 255 Å². The minimum absolute atomic E-state index is 0.105. The Morgan fingerprint density at radius 2 is 0.991 bits per heavy atom. The highest BCUT2D eigenvalue weighted by molar-refractivity contribution is 6.02. The number of hydrogen-bond donors (Lipinski definition) is 20. The molecule has 0 aliphatic carbocycles. The van der Waals surface area contributed by atoms with E-state index in [9.17, 15) is 112 Å². The van der Waals surface area contributed by atoms with Gasteiger partial charge in [0.2, 0.25) is 82.7 Å². The first kappa shape index (κ1) is 90.7. The van der Waals surface area contributed by atoms with Crippen LogP contribution in [0.15, 0.2) is 78.9 Å². The zero-order chi connectivity index (χ0) is 81.4. The molecule has 594 valence electrons. The maximum atomic E-state index is 14.6. The van der Waals surface area contributed by atoms with Gasteiger partial charge in [-0.3, -0.25) is 71.9 Å². The highest BCUT2D eigenvalue weighted by atomic mass is 16.4. The number of nitrogens with zero attached hydrogens (tertiary/aromatic N) is 1. The number of amides is 15. The van der Waals surface area contributed by atoms with Crippen LogP contribution in [-0.2, 0) is 94.3 Å². The Morgan fingerprint density at radius 1 is 0.546 bits per heavy atom. The summed E-state index contributed by atoms with van der Waals surface area (Å²) in [5.74, 6) is -22.0. The second kappa shape index (κ2) is 44.5. The van der Waals surface area contributed by atoms with Gasteiger partial charge in [-0.1, -0.05) is 81.5 Å². The van der Waals surface area contributed by atoms with Crippen molar-refractivity contribution in [3.05, 3.63) is 90.0 Å². The summed E-state index contributed by atoms with van der Waals surface area (Å²) in [7, 11) is 0. The first-order valence-electron chi connectivity index (χ1n) is 34.4. The Labute approximate surface area is 620 Å². The van der Waals surface area contributed by atoms with Crippen LogP contribution in [0.3, 0.4) is 0 Å². The second-order valence-electron chi connectivity index (χ2n) is 25.9. The lowest BCUT2D eigenvalue weighted by Crippen LogP contribution is -2.71. The molecule has 40 nitrogen and oxygen atoms in total. The first-order valence-corrected chi connectivity index (χ1v) is 34.4. The molecule has 15 amide bonds. The van der Waals surface area contributed by atoms with Crippen LogP contribution >= 0.6 is 0 Å². The summed E-state index contributed by atoms with van der Waals surface area (Å²) in [4.78, 5) is 231. The summed E-state index contributed by atoms with van der Waals surface area (Å²) in [6.45, 7) is 9.67. The lowest BCUT2D eigenvalue weighted by atomic mass is 9.97. The number of carboxylic acid groups (broad SMARTS) is 2. The molecule has 2 aromatic carbocycles. The molecule has 0 fully saturated rings. The van der Waals surface area contributed by atoms with Crippen molar-refractivity contribution in [3.8, 4) is 5.75 Å². The van der Waals surface area contributed by atoms with Crippen molar-refractivity contribution in [2.24, 2.45) is 23.1 Å². The van der Waals surface area contributed by atoms with Crippen molar-refractivity contribution in [2.45, 2.75) is 196 Å². The number of rotatable bonds is 47. The van der Waals surface area contributed by atoms with Crippen LogP contribution in [0.1, 0.15) is 104 Å². The van der Waals surface area contributed by atoms with Crippen molar-refractivity contribution >= 4 is 101 Å². The fourth-order valence-corrected chi connectivity index (χ4v) is 10.7. The summed E-state index contributed by atoms with van der Waals surface area (Å²) in [5, 5.41) is 89.5. The minimum Gasteiger partial charge on any atom is -0.550 e. The number of primary amides is 3. The topological polar surface area (TPSA) is 686 Å². The molecular formula is C68H99N17O23. The number of aliphatic hydroxyl groups excluding tert-OH is 3. The molecule has 0 saturated heterocycles. The number of nitrogens with one attached hydrogen (secondary N) is 11. The van der Waals surface area contributed by atoms with Crippen LogP contribution in [0, 0.1) is 5.92 Å². The van der Waals surface area contributed by atoms with Crippen molar-refractivity contribution in [3.63, 3.8) is 0 Å². The number of quaternary nitrogens is 2. The van der Waals surface area contributed by atoms with E-state index in [2.05, 4.69) is 71.2 Å². The summed E-state index contributed by atoms with van der Waals surface area (Å²) >= 11 is 0. The summed E-state index contributed by atoms with van der Waals surface area (Å²) in [5.41, 5.74) is 24.3. The number of phenolic OH excluding ortho intramolecular Hbond substituents is 1. The fourth-order valence-electron chi connectivity index (χ4n) is 10.7. The van der Waals surface area contributed by atoms with Gasteiger partial charge in [-0.15, -0.1) is 0 Å². The predicted molar refractivity (Wildman–Crippen MR) is 372 cm³/mol. The van der Waals surface area contributed by atoms with Gasteiger partial charge in [-0.25, -0.2) is 0 Å². The largest absolute Gasteiger partial charge is 0.550 e. The first-order chi connectivity index (χ1) is 50.7. The number of carbonyl (C=O) groups excluding carboxylic acids is 17. The van der Waals surface area contributed by atoms with Gasteiger partial charge >= 0.3 is 0 Å². The molecule has 0 radical (unpaired) electrons. The number of carboxylic acids is 2. The molecule has 3 rings (SSSR count). The van der Waals surface area contributed by atoms with Gasteiger partial charge in [-0.05, 0) is 81.2 Å². The number of aromatic hydroxyl groups is 1. The molecule has 1 aliphatic heterocycles. The van der Waals surface area contributed by atoms with Gasteiger partial charge in [0.15, 0.2) is 6.04 Å².